The summed E-state index contributed by atoms with van der Waals surface area (Å²) in [6.07, 6.45) is -5.61. The van der Waals surface area contributed by atoms with E-state index in [9.17, 15) is 50.8 Å². The number of aliphatic hydroxyl groups is 10. The Labute approximate surface area is 321 Å². The van der Waals surface area contributed by atoms with Crippen LogP contribution in [0.1, 0.15) is 82.1 Å². The van der Waals surface area contributed by atoms with Crippen LogP contribution in [0.4, 0.5) is 0 Å². The maximum absolute atomic E-state index is 12.5. The molecule has 0 aliphatic carbocycles. The van der Waals surface area contributed by atoms with E-state index in [0.29, 0.717) is 17.1 Å². The van der Waals surface area contributed by atoms with Crippen LogP contribution in [0.25, 0.3) is 0 Å². The fourth-order valence-corrected chi connectivity index (χ4v) is 6.71. The Morgan fingerprint density at radius 1 is 0.722 bits per heavy atom. The molecule has 0 bridgehead atoms. The molecule has 0 radical (unpaired) electrons. The van der Waals surface area contributed by atoms with Gasteiger partial charge >= 0.3 is 5.97 Å². The smallest absolute Gasteiger partial charge is 0.333 e. The Balaban J connectivity index is 3.18. The largest absolute Gasteiger partial charge is 0.459 e. The predicted molar refractivity (Wildman–Crippen MR) is 202 cm³/mol. The Morgan fingerprint density at radius 3 is 1.78 bits per heavy atom. The summed E-state index contributed by atoms with van der Waals surface area (Å²) >= 11 is 0. The number of aliphatic hydroxyl groups excluding tert-OH is 10. The molecule has 1 aliphatic heterocycles. The average molecular weight is 775 g/mol. The molecule has 16 atom stereocenters. The molecule has 1 aliphatic rings. The minimum absolute atomic E-state index is 0.138. The summed E-state index contributed by atoms with van der Waals surface area (Å²) in [6, 6.07) is 0. The minimum Gasteiger partial charge on any atom is -0.459 e. The summed E-state index contributed by atoms with van der Waals surface area (Å²) in [5.41, 5.74) is 2.14. The number of carbonyl (C=O) groups excluding carboxylic acids is 1. The van der Waals surface area contributed by atoms with Gasteiger partial charge in [-0.05, 0) is 62.7 Å². The molecule has 0 aromatic heterocycles. The molecule has 1 heterocycles. The molecular weight excluding hydrogens is 704 g/mol. The molecular formula is C40H70O14. The number of allylic oxidation sites excluding steroid dienone is 1. The highest BCUT2D eigenvalue weighted by molar-refractivity contribution is 5.87. The van der Waals surface area contributed by atoms with Crippen LogP contribution in [0.2, 0.25) is 0 Å². The summed E-state index contributed by atoms with van der Waals surface area (Å²) in [7, 11) is 0. The second kappa shape index (κ2) is 23.9. The monoisotopic (exact) mass is 774 g/mol. The fraction of sp³-hybridized carbons (Fsp3) is 0.775. The van der Waals surface area contributed by atoms with E-state index in [2.05, 4.69) is 26.8 Å². The summed E-state index contributed by atoms with van der Waals surface area (Å²) in [5.74, 6) is -1.49. The van der Waals surface area contributed by atoms with Gasteiger partial charge in [0, 0.05) is 23.3 Å². The number of hydrogen-bond donors (Lipinski definition) is 10. The lowest BCUT2D eigenvalue weighted by Gasteiger charge is -2.41. The van der Waals surface area contributed by atoms with Gasteiger partial charge in [-0.2, -0.15) is 0 Å². The zero-order chi connectivity index (χ0) is 41.6. The van der Waals surface area contributed by atoms with E-state index in [1.807, 2.05) is 19.9 Å². The third kappa shape index (κ3) is 15.1. The standard InChI is InChI=1S/C40H70O14/c1-11-20(2)12-21(3)13-26(8)38(54-40-37(50)36(49)35(48)31(18-42)53-40)27(9)15-24(6)32(45)22(4)14-23(5)33(46)25(7)16-28(10)39(51)52-19-30(44)34(47)29(43)17-41/h13-16,20-22,25,27,29-38,40-50H,11-12,17-19H2,1-10H3. The Bertz CT molecular complexity index is 1250. The van der Waals surface area contributed by atoms with Crippen molar-refractivity contribution >= 4 is 5.97 Å². The van der Waals surface area contributed by atoms with Crippen molar-refractivity contribution in [1.29, 1.82) is 0 Å². The maximum Gasteiger partial charge on any atom is 0.333 e. The minimum atomic E-state index is -1.71. The fourth-order valence-electron chi connectivity index (χ4n) is 6.71. The highest BCUT2D eigenvalue weighted by Crippen LogP contribution is 2.30. The zero-order valence-corrected chi connectivity index (χ0v) is 33.7. The van der Waals surface area contributed by atoms with Gasteiger partial charge in [-0.3, -0.25) is 0 Å². The first kappa shape index (κ1) is 50.0. The van der Waals surface area contributed by atoms with Crippen LogP contribution in [-0.4, -0.2) is 144 Å². The molecule has 1 saturated heterocycles. The van der Waals surface area contributed by atoms with Gasteiger partial charge < -0.3 is 65.3 Å². The number of carbonyl (C=O) groups is 1. The molecule has 0 aromatic carbocycles. The average Bonchev–Trinajstić information content (AvgIpc) is 3.13. The molecule has 0 spiro atoms. The summed E-state index contributed by atoms with van der Waals surface area (Å²) in [6.45, 7) is 16.7. The van der Waals surface area contributed by atoms with Gasteiger partial charge in [0.15, 0.2) is 6.29 Å². The lowest BCUT2D eigenvalue weighted by Crippen LogP contribution is -2.60. The molecule has 14 heteroatoms. The van der Waals surface area contributed by atoms with Crippen LogP contribution in [-0.2, 0) is 19.0 Å². The second-order valence-electron chi connectivity index (χ2n) is 15.4. The predicted octanol–water partition coefficient (Wildman–Crippen LogP) is 1.28. The normalized spacial score (nSPS) is 28.3. The topological polar surface area (TPSA) is 247 Å². The van der Waals surface area contributed by atoms with Crippen LogP contribution in [0, 0.1) is 29.6 Å². The Kier molecular flexibility index (Phi) is 22.1. The third-order valence-electron chi connectivity index (χ3n) is 10.3. The number of hydrogen-bond acceptors (Lipinski definition) is 14. The van der Waals surface area contributed by atoms with Crippen molar-refractivity contribution in [2.75, 3.05) is 19.8 Å². The van der Waals surface area contributed by atoms with Crippen molar-refractivity contribution in [2.24, 2.45) is 29.6 Å². The van der Waals surface area contributed by atoms with Gasteiger partial charge in [0.25, 0.3) is 0 Å². The van der Waals surface area contributed by atoms with E-state index in [1.165, 1.54) is 13.0 Å². The molecule has 14 nitrogen and oxygen atoms in total. The Hall–Kier alpha value is -2.05. The van der Waals surface area contributed by atoms with Crippen molar-refractivity contribution < 1.29 is 70.1 Å². The van der Waals surface area contributed by atoms with Gasteiger partial charge in [0.1, 0.15) is 49.3 Å². The number of rotatable bonds is 22. The molecule has 314 valence electrons. The van der Waals surface area contributed by atoms with Crippen molar-refractivity contribution in [3.63, 3.8) is 0 Å². The molecule has 16 unspecified atom stereocenters. The van der Waals surface area contributed by atoms with Gasteiger partial charge in [-0.25, -0.2) is 4.79 Å². The van der Waals surface area contributed by atoms with E-state index >= 15 is 0 Å². The van der Waals surface area contributed by atoms with Crippen LogP contribution < -0.4 is 0 Å². The van der Waals surface area contributed by atoms with E-state index < -0.39 is 105 Å². The molecule has 1 rings (SSSR count). The molecule has 0 aromatic rings. The van der Waals surface area contributed by atoms with Gasteiger partial charge in [-0.15, -0.1) is 0 Å². The first-order valence-electron chi connectivity index (χ1n) is 19.0. The maximum atomic E-state index is 12.5. The third-order valence-corrected chi connectivity index (χ3v) is 10.3. The lowest BCUT2D eigenvalue weighted by atomic mass is 9.87. The van der Waals surface area contributed by atoms with Crippen molar-refractivity contribution in [3.8, 4) is 0 Å². The summed E-state index contributed by atoms with van der Waals surface area (Å²) in [4.78, 5) is 12.5. The van der Waals surface area contributed by atoms with E-state index in [0.717, 1.165) is 18.4 Å². The Morgan fingerprint density at radius 2 is 1.26 bits per heavy atom. The number of esters is 1. The van der Waals surface area contributed by atoms with Crippen LogP contribution in [0.15, 0.2) is 46.6 Å². The zero-order valence-electron chi connectivity index (χ0n) is 33.7. The van der Waals surface area contributed by atoms with Crippen molar-refractivity contribution in [3.05, 3.63) is 46.6 Å². The summed E-state index contributed by atoms with van der Waals surface area (Å²) < 4.78 is 17.0. The second-order valence-corrected chi connectivity index (χ2v) is 15.4. The highest BCUT2D eigenvalue weighted by atomic mass is 16.7. The van der Waals surface area contributed by atoms with Crippen molar-refractivity contribution in [1.82, 2.24) is 0 Å². The molecule has 0 amide bonds. The van der Waals surface area contributed by atoms with Gasteiger partial charge in [0.2, 0.25) is 0 Å². The van der Waals surface area contributed by atoms with E-state index in [1.54, 1.807) is 33.8 Å². The van der Waals surface area contributed by atoms with E-state index in [4.69, 9.17) is 19.3 Å². The van der Waals surface area contributed by atoms with Gasteiger partial charge in [0.05, 0.1) is 31.5 Å². The first-order valence-corrected chi connectivity index (χ1v) is 19.0. The molecule has 10 N–H and O–H groups in total. The van der Waals surface area contributed by atoms with E-state index in [-0.39, 0.29) is 17.4 Å². The van der Waals surface area contributed by atoms with Crippen LogP contribution >= 0.6 is 0 Å². The lowest BCUT2D eigenvalue weighted by molar-refractivity contribution is -0.310. The van der Waals surface area contributed by atoms with Crippen molar-refractivity contribution in [2.45, 2.75) is 149 Å². The summed E-state index contributed by atoms with van der Waals surface area (Å²) in [5, 5.41) is 102. The first-order chi connectivity index (χ1) is 25.1. The molecule has 1 fully saturated rings. The molecule has 0 saturated carbocycles. The van der Waals surface area contributed by atoms with Crippen LogP contribution in [0.5, 0.6) is 0 Å². The highest BCUT2D eigenvalue weighted by Gasteiger charge is 2.45. The van der Waals surface area contributed by atoms with Crippen LogP contribution in [0.3, 0.4) is 0 Å². The quantitative estimate of drug-likeness (QED) is 0.0423. The molecule has 54 heavy (non-hydrogen) atoms. The van der Waals surface area contributed by atoms with Gasteiger partial charge in [-0.1, -0.05) is 72.3 Å². The number of ether oxygens (including phenoxy) is 3. The SMILES string of the molecule is CCC(C)CC(C)C=C(C)C(OC1OC(CO)C(O)C(O)C1O)C(C)C=C(C)C(O)C(C)C=C(C)C(O)C(C)C=C(C)C(=O)OCC(O)C(O)C(O)CO.